The van der Waals surface area contributed by atoms with Crippen LogP contribution >= 0.6 is 0 Å². The third-order valence-corrected chi connectivity index (χ3v) is 3.83. The maximum absolute atomic E-state index is 13.4. The van der Waals surface area contributed by atoms with Gasteiger partial charge in [-0.1, -0.05) is 18.2 Å². The molecule has 0 radical (unpaired) electrons. The van der Waals surface area contributed by atoms with E-state index in [1.54, 1.807) is 6.07 Å². The second-order valence-electron chi connectivity index (χ2n) is 5.32. The van der Waals surface area contributed by atoms with Crippen LogP contribution in [0.3, 0.4) is 0 Å². The molecule has 0 saturated heterocycles. The molecule has 3 rings (SSSR count). The van der Waals surface area contributed by atoms with E-state index in [0.29, 0.717) is 12.3 Å². The highest BCUT2D eigenvalue weighted by molar-refractivity contribution is 5.52. The van der Waals surface area contributed by atoms with E-state index in [9.17, 15) is 4.39 Å². The fourth-order valence-electron chi connectivity index (χ4n) is 2.75. The number of rotatable bonds is 4. The van der Waals surface area contributed by atoms with Crippen LogP contribution in [0.25, 0.3) is 0 Å². The first-order chi connectivity index (χ1) is 10.2. The van der Waals surface area contributed by atoms with Crippen molar-refractivity contribution in [1.82, 2.24) is 4.90 Å². The molecule has 2 aromatic carbocycles. The van der Waals surface area contributed by atoms with Crippen molar-refractivity contribution in [3.8, 4) is 5.75 Å². The Hall–Kier alpha value is -2.07. The first-order valence-electron chi connectivity index (χ1n) is 7.19. The Morgan fingerprint density at radius 3 is 2.81 bits per heavy atom. The summed E-state index contributed by atoms with van der Waals surface area (Å²) in [4.78, 5) is 2.27. The molecule has 0 aliphatic carbocycles. The molecule has 0 spiro atoms. The number of benzene rings is 2. The number of hydrogen-bond acceptors (Lipinski definition) is 3. The summed E-state index contributed by atoms with van der Waals surface area (Å²) in [6.45, 7) is 3.12. The minimum absolute atomic E-state index is 0.256. The maximum Gasteiger partial charge on any atom is 0.125 e. The van der Waals surface area contributed by atoms with Crippen LogP contribution in [0.1, 0.15) is 11.1 Å². The molecule has 110 valence electrons. The molecular weight excluding hydrogens is 267 g/mol. The third kappa shape index (κ3) is 3.34. The molecule has 0 atom stereocenters. The van der Waals surface area contributed by atoms with Crippen LogP contribution in [0.15, 0.2) is 42.5 Å². The normalized spacial score (nSPS) is 14.7. The lowest BCUT2D eigenvalue weighted by Crippen LogP contribution is -2.34. The van der Waals surface area contributed by atoms with Gasteiger partial charge in [0.15, 0.2) is 0 Å². The number of nitrogen functional groups attached to an aromatic ring is 1. The summed E-state index contributed by atoms with van der Waals surface area (Å²) in [5.41, 5.74) is 8.55. The van der Waals surface area contributed by atoms with Gasteiger partial charge in [-0.2, -0.15) is 0 Å². The van der Waals surface area contributed by atoms with Crippen LogP contribution in [0.4, 0.5) is 10.1 Å². The number of hydrogen-bond donors (Lipinski definition) is 1. The minimum atomic E-state index is -0.256. The molecule has 2 aromatic rings. The van der Waals surface area contributed by atoms with E-state index in [1.165, 1.54) is 6.07 Å². The molecule has 0 unspecified atom stereocenters. The Labute approximate surface area is 124 Å². The molecule has 1 heterocycles. The number of anilines is 1. The average molecular weight is 286 g/mol. The molecule has 3 nitrogen and oxygen atoms in total. The number of halogens is 1. The van der Waals surface area contributed by atoms with Gasteiger partial charge in [0.05, 0.1) is 0 Å². The van der Waals surface area contributed by atoms with Gasteiger partial charge in [-0.15, -0.1) is 0 Å². The largest absolute Gasteiger partial charge is 0.492 e. The van der Waals surface area contributed by atoms with Gasteiger partial charge in [-0.05, 0) is 41.8 Å². The minimum Gasteiger partial charge on any atom is -0.492 e. The Balaban J connectivity index is 1.57. The van der Waals surface area contributed by atoms with Crippen LogP contribution in [0.2, 0.25) is 0 Å². The van der Waals surface area contributed by atoms with Gasteiger partial charge in [-0.3, -0.25) is 4.90 Å². The lowest BCUT2D eigenvalue weighted by atomic mass is 9.98. The average Bonchev–Trinajstić information content (AvgIpc) is 2.48. The van der Waals surface area contributed by atoms with Crippen molar-refractivity contribution in [2.45, 2.75) is 13.0 Å². The number of fused-ring (bicyclic) bond motifs is 1. The summed E-state index contributed by atoms with van der Waals surface area (Å²) in [6, 6.07) is 12.8. The number of nitrogens with zero attached hydrogens (tertiary/aromatic N) is 1. The van der Waals surface area contributed by atoms with E-state index in [0.717, 1.165) is 42.9 Å². The zero-order chi connectivity index (χ0) is 14.7. The van der Waals surface area contributed by atoms with E-state index < -0.39 is 0 Å². The maximum atomic E-state index is 13.4. The number of nitrogens with two attached hydrogens (primary N) is 1. The van der Waals surface area contributed by atoms with Gasteiger partial charge in [0.2, 0.25) is 0 Å². The Morgan fingerprint density at radius 2 is 2.00 bits per heavy atom. The fraction of sp³-hybridized carbons (Fsp3) is 0.294. The van der Waals surface area contributed by atoms with E-state index in [-0.39, 0.29) is 5.82 Å². The van der Waals surface area contributed by atoms with Crippen molar-refractivity contribution in [3.63, 3.8) is 0 Å². The molecule has 0 amide bonds. The van der Waals surface area contributed by atoms with Gasteiger partial charge in [0.25, 0.3) is 0 Å². The summed E-state index contributed by atoms with van der Waals surface area (Å²) in [6.07, 6.45) is 0.868. The first kappa shape index (κ1) is 13.9. The third-order valence-electron chi connectivity index (χ3n) is 3.83. The Morgan fingerprint density at radius 1 is 1.19 bits per heavy atom. The molecule has 0 aromatic heterocycles. The van der Waals surface area contributed by atoms with E-state index in [2.05, 4.69) is 4.90 Å². The smallest absolute Gasteiger partial charge is 0.125 e. The van der Waals surface area contributed by atoms with Crippen LogP contribution in [-0.4, -0.2) is 24.6 Å². The van der Waals surface area contributed by atoms with Crippen molar-refractivity contribution in [1.29, 1.82) is 0 Å². The molecule has 1 aliphatic heterocycles. The van der Waals surface area contributed by atoms with E-state index in [4.69, 9.17) is 10.5 Å². The molecular formula is C17H19FN2O. The highest BCUT2D eigenvalue weighted by Gasteiger charge is 2.18. The van der Waals surface area contributed by atoms with E-state index in [1.807, 2.05) is 30.3 Å². The molecule has 1 aliphatic rings. The van der Waals surface area contributed by atoms with Gasteiger partial charge < -0.3 is 10.5 Å². The second-order valence-corrected chi connectivity index (χ2v) is 5.32. The molecule has 0 fully saturated rings. The summed E-state index contributed by atoms with van der Waals surface area (Å²) < 4.78 is 19.1. The standard InChI is InChI=1S/C17H19FN2O/c18-14-10-13-12-20(7-6-16(13)17(19)11-14)8-9-21-15-4-2-1-3-5-15/h1-5,10-11H,6-9,12,19H2. The van der Waals surface area contributed by atoms with Crippen molar-refractivity contribution < 1.29 is 9.13 Å². The van der Waals surface area contributed by atoms with Crippen LogP contribution in [-0.2, 0) is 13.0 Å². The highest BCUT2D eigenvalue weighted by Crippen LogP contribution is 2.25. The van der Waals surface area contributed by atoms with E-state index >= 15 is 0 Å². The topological polar surface area (TPSA) is 38.5 Å². The van der Waals surface area contributed by atoms with Gasteiger partial charge >= 0.3 is 0 Å². The number of ether oxygens (including phenoxy) is 1. The summed E-state index contributed by atoms with van der Waals surface area (Å²) >= 11 is 0. The second kappa shape index (κ2) is 6.14. The first-order valence-corrected chi connectivity index (χ1v) is 7.19. The Kier molecular flexibility index (Phi) is 4.06. The van der Waals surface area contributed by atoms with Crippen molar-refractivity contribution in [2.75, 3.05) is 25.4 Å². The predicted molar refractivity (Wildman–Crippen MR) is 81.7 cm³/mol. The van der Waals surface area contributed by atoms with Gasteiger partial charge in [0, 0.05) is 25.3 Å². The van der Waals surface area contributed by atoms with Crippen molar-refractivity contribution in [3.05, 3.63) is 59.4 Å². The zero-order valence-electron chi connectivity index (χ0n) is 11.9. The van der Waals surface area contributed by atoms with Gasteiger partial charge in [-0.25, -0.2) is 4.39 Å². The van der Waals surface area contributed by atoms with Gasteiger partial charge in [0.1, 0.15) is 18.2 Å². The lowest BCUT2D eigenvalue weighted by molar-refractivity contribution is 0.196. The molecule has 4 heteroatoms. The highest BCUT2D eigenvalue weighted by atomic mass is 19.1. The zero-order valence-corrected chi connectivity index (χ0v) is 11.9. The monoisotopic (exact) mass is 286 g/mol. The summed E-state index contributed by atoms with van der Waals surface area (Å²) in [7, 11) is 0. The van der Waals surface area contributed by atoms with Crippen molar-refractivity contribution in [2.24, 2.45) is 0 Å². The summed E-state index contributed by atoms with van der Waals surface area (Å²) in [5.74, 6) is 0.624. The quantitative estimate of drug-likeness (QED) is 0.878. The van der Waals surface area contributed by atoms with Crippen molar-refractivity contribution >= 4 is 5.69 Å². The molecule has 2 N–H and O–H groups in total. The van der Waals surface area contributed by atoms with Crippen LogP contribution in [0, 0.1) is 5.82 Å². The molecule has 0 saturated carbocycles. The lowest BCUT2D eigenvalue weighted by Gasteiger charge is -2.29. The van der Waals surface area contributed by atoms with Crippen LogP contribution in [0.5, 0.6) is 5.75 Å². The van der Waals surface area contributed by atoms with Crippen LogP contribution < -0.4 is 10.5 Å². The predicted octanol–water partition coefficient (Wildman–Crippen LogP) is 2.85. The molecule has 0 bridgehead atoms. The summed E-state index contributed by atoms with van der Waals surface area (Å²) in [5, 5.41) is 0. The SMILES string of the molecule is Nc1cc(F)cc2c1CCN(CCOc1ccccc1)C2. The fourth-order valence-corrected chi connectivity index (χ4v) is 2.75. The number of para-hydroxylation sites is 1. The molecule has 21 heavy (non-hydrogen) atoms. The Bertz CT molecular complexity index is 616.